The van der Waals surface area contributed by atoms with Gasteiger partial charge in [0.15, 0.2) is 0 Å². The highest BCUT2D eigenvalue weighted by atomic mass is 16.3. The molecule has 2 rings (SSSR count). The second-order valence-corrected chi connectivity index (χ2v) is 4.45. The van der Waals surface area contributed by atoms with Crippen molar-refractivity contribution in [3.63, 3.8) is 0 Å². The van der Waals surface area contributed by atoms with Gasteiger partial charge in [-0.1, -0.05) is 0 Å². The van der Waals surface area contributed by atoms with Crippen LogP contribution in [-0.4, -0.2) is 33.9 Å². The van der Waals surface area contributed by atoms with E-state index in [2.05, 4.69) is 14.9 Å². The topological polar surface area (TPSA) is 50.1 Å². The van der Waals surface area contributed by atoms with Crippen molar-refractivity contribution in [3.8, 4) is 0 Å². The van der Waals surface area contributed by atoms with Gasteiger partial charge in [-0.2, -0.15) is 0 Å². The molecule has 2 N–H and O–H groups in total. The number of rotatable bonds is 3. The highest BCUT2D eigenvalue weighted by Gasteiger charge is 2.34. The van der Waals surface area contributed by atoms with Crippen molar-refractivity contribution in [3.05, 3.63) is 18.7 Å². The molecule has 0 bridgehead atoms. The lowest BCUT2D eigenvalue weighted by Gasteiger charge is -2.40. The molecule has 1 aliphatic rings. The lowest BCUT2D eigenvalue weighted by Crippen LogP contribution is -2.50. The van der Waals surface area contributed by atoms with E-state index in [1.165, 1.54) is 6.42 Å². The van der Waals surface area contributed by atoms with E-state index in [0.29, 0.717) is 6.04 Å². The van der Waals surface area contributed by atoms with Gasteiger partial charge in [-0.3, -0.25) is 0 Å². The summed E-state index contributed by atoms with van der Waals surface area (Å²) >= 11 is 0. The van der Waals surface area contributed by atoms with Gasteiger partial charge in [0, 0.05) is 24.0 Å². The number of aromatic nitrogens is 2. The highest BCUT2D eigenvalue weighted by Crippen LogP contribution is 2.34. The molecule has 1 aliphatic carbocycles. The molecule has 0 aliphatic heterocycles. The Morgan fingerprint density at radius 3 is 3.13 bits per heavy atom. The SMILES string of the molecule is CNC1(CO)CCCC(n2ccnc2)C1. The predicted octanol–water partition coefficient (Wildman–Crippen LogP) is 0.949. The Hall–Kier alpha value is -0.870. The van der Waals surface area contributed by atoms with E-state index >= 15 is 0 Å². The molecule has 15 heavy (non-hydrogen) atoms. The summed E-state index contributed by atoms with van der Waals surface area (Å²) in [5.74, 6) is 0. The molecule has 0 radical (unpaired) electrons. The van der Waals surface area contributed by atoms with Gasteiger partial charge in [0.05, 0.1) is 12.9 Å². The smallest absolute Gasteiger partial charge is 0.0948 e. The predicted molar refractivity (Wildman–Crippen MR) is 58.6 cm³/mol. The molecular formula is C11H19N3O. The van der Waals surface area contributed by atoms with E-state index in [4.69, 9.17) is 0 Å². The fraction of sp³-hybridized carbons (Fsp3) is 0.727. The third kappa shape index (κ3) is 2.06. The van der Waals surface area contributed by atoms with E-state index in [0.717, 1.165) is 19.3 Å². The fourth-order valence-corrected chi connectivity index (χ4v) is 2.52. The third-order valence-corrected chi connectivity index (χ3v) is 3.60. The van der Waals surface area contributed by atoms with Gasteiger partial charge in [0.2, 0.25) is 0 Å². The molecule has 1 fully saturated rings. The van der Waals surface area contributed by atoms with E-state index in [-0.39, 0.29) is 12.1 Å². The number of aliphatic hydroxyl groups is 1. The average Bonchev–Trinajstić information content (AvgIpc) is 2.82. The quantitative estimate of drug-likeness (QED) is 0.779. The zero-order valence-corrected chi connectivity index (χ0v) is 9.19. The molecule has 0 amide bonds. The number of aliphatic hydroxyl groups excluding tert-OH is 1. The summed E-state index contributed by atoms with van der Waals surface area (Å²) in [6.45, 7) is 0.217. The lowest BCUT2D eigenvalue weighted by molar-refractivity contribution is 0.105. The molecule has 0 spiro atoms. The summed E-state index contributed by atoms with van der Waals surface area (Å²) in [6.07, 6.45) is 10.1. The first-order valence-corrected chi connectivity index (χ1v) is 5.57. The van der Waals surface area contributed by atoms with Crippen LogP contribution < -0.4 is 5.32 Å². The first-order valence-electron chi connectivity index (χ1n) is 5.57. The van der Waals surface area contributed by atoms with E-state index < -0.39 is 0 Å². The van der Waals surface area contributed by atoms with Crippen LogP contribution in [0.25, 0.3) is 0 Å². The molecule has 1 heterocycles. The first-order chi connectivity index (χ1) is 7.29. The minimum absolute atomic E-state index is 0.0901. The van der Waals surface area contributed by atoms with Gasteiger partial charge in [-0.15, -0.1) is 0 Å². The maximum absolute atomic E-state index is 9.47. The summed E-state index contributed by atoms with van der Waals surface area (Å²) in [4.78, 5) is 4.08. The van der Waals surface area contributed by atoms with Crippen LogP contribution in [-0.2, 0) is 0 Å². The Bertz CT molecular complexity index is 293. The lowest BCUT2D eigenvalue weighted by atomic mass is 9.79. The average molecular weight is 209 g/mol. The van der Waals surface area contributed by atoms with Crippen molar-refractivity contribution in [1.29, 1.82) is 0 Å². The second-order valence-electron chi connectivity index (χ2n) is 4.45. The van der Waals surface area contributed by atoms with E-state index in [1.54, 1.807) is 0 Å². The molecule has 2 atom stereocenters. The molecule has 2 unspecified atom stereocenters. The van der Waals surface area contributed by atoms with Crippen LogP contribution in [0.15, 0.2) is 18.7 Å². The number of nitrogens with one attached hydrogen (secondary N) is 1. The summed E-state index contributed by atoms with van der Waals surface area (Å²) in [6, 6.07) is 0.473. The number of hydrogen-bond donors (Lipinski definition) is 2. The fourth-order valence-electron chi connectivity index (χ4n) is 2.52. The van der Waals surface area contributed by atoms with Crippen molar-refractivity contribution in [1.82, 2.24) is 14.9 Å². The normalized spacial score (nSPS) is 31.7. The summed E-state index contributed by atoms with van der Waals surface area (Å²) in [7, 11) is 1.94. The molecular weight excluding hydrogens is 190 g/mol. The minimum Gasteiger partial charge on any atom is -0.394 e. The van der Waals surface area contributed by atoms with Crippen LogP contribution in [0.1, 0.15) is 31.7 Å². The molecule has 1 saturated carbocycles. The second kappa shape index (κ2) is 4.33. The molecule has 0 saturated heterocycles. The van der Waals surface area contributed by atoms with Crippen LogP contribution >= 0.6 is 0 Å². The van der Waals surface area contributed by atoms with Gasteiger partial charge < -0.3 is 15.0 Å². The third-order valence-electron chi connectivity index (χ3n) is 3.60. The maximum atomic E-state index is 9.47. The zero-order chi connectivity index (χ0) is 10.7. The Morgan fingerprint density at radius 2 is 2.53 bits per heavy atom. The van der Waals surface area contributed by atoms with E-state index in [1.807, 2.05) is 25.8 Å². The first kappa shape index (κ1) is 10.6. The number of likely N-dealkylation sites (N-methyl/N-ethyl adjacent to an activating group) is 1. The molecule has 84 valence electrons. The van der Waals surface area contributed by atoms with Crippen molar-refractivity contribution < 1.29 is 5.11 Å². The van der Waals surface area contributed by atoms with Crippen molar-refractivity contribution in [2.45, 2.75) is 37.3 Å². The number of nitrogens with zero attached hydrogens (tertiary/aromatic N) is 2. The summed E-state index contributed by atoms with van der Waals surface area (Å²) in [5.41, 5.74) is -0.0901. The standard InChI is InChI=1S/C11H19N3O/c1-12-11(8-15)4-2-3-10(7-11)14-6-5-13-9-14/h5-6,9-10,12,15H,2-4,7-8H2,1H3. The Kier molecular flexibility index (Phi) is 3.07. The van der Waals surface area contributed by atoms with Gasteiger partial charge in [0.25, 0.3) is 0 Å². The van der Waals surface area contributed by atoms with Crippen LogP contribution in [0.3, 0.4) is 0 Å². The van der Waals surface area contributed by atoms with Crippen molar-refractivity contribution >= 4 is 0 Å². The molecule has 0 aromatic carbocycles. The Morgan fingerprint density at radius 1 is 1.67 bits per heavy atom. The summed E-state index contributed by atoms with van der Waals surface area (Å²) in [5, 5.41) is 12.7. The van der Waals surface area contributed by atoms with Gasteiger partial charge in [-0.05, 0) is 32.7 Å². The van der Waals surface area contributed by atoms with Crippen molar-refractivity contribution in [2.24, 2.45) is 0 Å². The van der Waals surface area contributed by atoms with Crippen molar-refractivity contribution in [2.75, 3.05) is 13.7 Å². The van der Waals surface area contributed by atoms with Gasteiger partial charge >= 0.3 is 0 Å². The van der Waals surface area contributed by atoms with E-state index in [9.17, 15) is 5.11 Å². The molecule has 1 aromatic heterocycles. The monoisotopic (exact) mass is 209 g/mol. The summed E-state index contributed by atoms with van der Waals surface area (Å²) < 4.78 is 2.15. The Labute approximate surface area is 90.3 Å². The number of imidazole rings is 1. The number of hydrogen-bond acceptors (Lipinski definition) is 3. The maximum Gasteiger partial charge on any atom is 0.0948 e. The Balaban J connectivity index is 2.10. The highest BCUT2D eigenvalue weighted by molar-refractivity contribution is 4.95. The zero-order valence-electron chi connectivity index (χ0n) is 9.19. The molecule has 4 nitrogen and oxygen atoms in total. The van der Waals surface area contributed by atoms with Crippen LogP contribution in [0, 0.1) is 0 Å². The van der Waals surface area contributed by atoms with Gasteiger partial charge in [-0.25, -0.2) is 4.98 Å². The largest absolute Gasteiger partial charge is 0.394 e. The molecule has 1 aromatic rings. The minimum atomic E-state index is -0.0901. The van der Waals surface area contributed by atoms with Crippen LogP contribution in [0.2, 0.25) is 0 Å². The van der Waals surface area contributed by atoms with Crippen LogP contribution in [0.5, 0.6) is 0 Å². The van der Waals surface area contributed by atoms with Gasteiger partial charge in [0.1, 0.15) is 0 Å². The molecule has 4 heteroatoms. The van der Waals surface area contributed by atoms with Crippen LogP contribution in [0.4, 0.5) is 0 Å².